The summed E-state index contributed by atoms with van der Waals surface area (Å²) >= 11 is 5.92. The maximum absolute atomic E-state index is 12.5. The number of amides is 1. The minimum Gasteiger partial charge on any atom is -0.478 e. The highest BCUT2D eigenvalue weighted by atomic mass is 35.5. The van der Waals surface area contributed by atoms with Gasteiger partial charge < -0.3 is 15.3 Å². The second-order valence-corrected chi connectivity index (χ2v) is 6.58. The van der Waals surface area contributed by atoms with Crippen molar-refractivity contribution < 1.29 is 14.7 Å². The molecule has 0 aromatic heterocycles. The third kappa shape index (κ3) is 3.77. The summed E-state index contributed by atoms with van der Waals surface area (Å²) in [5.74, 6) is -1.48. The van der Waals surface area contributed by atoms with E-state index in [2.05, 4.69) is 10.2 Å². The van der Waals surface area contributed by atoms with Gasteiger partial charge in [-0.15, -0.1) is 0 Å². The largest absolute Gasteiger partial charge is 0.478 e. The number of halogens is 1. The minimum absolute atomic E-state index is 0.0213. The molecule has 5 nitrogen and oxygen atoms in total. The molecule has 0 unspecified atom stereocenters. The van der Waals surface area contributed by atoms with E-state index in [-0.39, 0.29) is 17.2 Å². The van der Waals surface area contributed by atoms with Crippen molar-refractivity contribution in [3.8, 4) is 0 Å². The third-order valence-corrected chi connectivity index (χ3v) is 4.59. The van der Waals surface area contributed by atoms with Gasteiger partial charge in [0.15, 0.2) is 0 Å². The van der Waals surface area contributed by atoms with E-state index < -0.39 is 5.97 Å². The Kier molecular flexibility index (Phi) is 4.95. The molecule has 2 N–H and O–H groups in total. The normalized spacial score (nSPS) is 13.8. The molecule has 1 fully saturated rings. The first-order valence-electron chi connectivity index (χ1n) is 8.15. The molecule has 3 rings (SSSR count). The maximum atomic E-state index is 12.5. The molecule has 0 aliphatic carbocycles. The van der Waals surface area contributed by atoms with Crippen LogP contribution in [-0.4, -0.2) is 30.1 Å². The van der Waals surface area contributed by atoms with Crippen LogP contribution in [0.1, 0.15) is 39.1 Å². The molecule has 1 heterocycles. The molecule has 0 spiro atoms. The SMILES string of the molecule is Cc1cc(Cl)cc(C(=O)O)c1NC(=O)c1ccc(N2CCCC2)cc1. The van der Waals surface area contributed by atoms with Crippen molar-refractivity contribution in [3.05, 3.63) is 58.1 Å². The molecule has 2 aromatic rings. The predicted octanol–water partition coefficient (Wildman–Crippen LogP) is 4.20. The number of carboxylic acids is 1. The topological polar surface area (TPSA) is 69.6 Å². The molecular weight excluding hydrogens is 340 g/mol. The van der Waals surface area contributed by atoms with Gasteiger partial charge in [-0.05, 0) is 61.7 Å². The molecule has 0 bridgehead atoms. The molecule has 6 heteroatoms. The molecule has 1 amide bonds. The van der Waals surface area contributed by atoms with Gasteiger partial charge in [-0.2, -0.15) is 0 Å². The van der Waals surface area contributed by atoms with E-state index in [9.17, 15) is 14.7 Å². The average Bonchev–Trinajstić information content (AvgIpc) is 3.11. The molecule has 0 saturated carbocycles. The summed E-state index contributed by atoms with van der Waals surface area (Å²) in [6.07, 6.45) is 2.38. The van der Waals surface area contributed by atoms with Crippen LogP contribution in [0, 0.1) is 6.92 Å². The van der Waals surface area contributed by atoms with Crippen LogP contribution in [0.4, 0.5) is 11.4 Å². The summed E-state index contributed by atoms with van der Waals surface area (Å²) in [5.41, 5.74) is 2.43. The lowest BCUT2D eigenvalue weighted by molar-refractivity contribution is 0.0698. The third-order valence-electron chi connectivity index (χ3n) is 4.37. The molecule has 2 aromatic carbocycles. The molecular formula is C19H19ClN2O3. The highest BCUT2D eigenvalue weighted by molar-refractivity contribution is 6.31. The Morgan fingerprint density at radius 2 is 1.76 bits per heavy atom. The van der Waals surface area contributed by atoms with E-state index in [0.717, 1.165) is 18.8 Å². The van der Waals surface area contributed by atoms with E-state index in [0.29, 0.717) is 16.1 Å². The lowest BCUT2D eigenvalue weighted by Crippen LogP contribution is -2.18. The number of aromatic carboxylic acids is 1. The molecule has 0 radical (unpaired) electrons. The number of nitrogens with one attached hydrogen (secondary N) is 1. The second kappa shape index (κ2) is 7.15. The van der Waals surface area contributed by atoms with Crippen molar-refractivity contribution in [1.82, 2.24) is 0 Å². The van der Waals surface area contributed by atoms with Crippen molar-refractivity contribution in [1.29, 1.82) is 0 Å². The van der Waals surface area contributed by atoms with Crippen LogP contribution in [0.25, 0.3) is 0 Å². The van der Waals surface area contributed by atoms with Crippen LogP contribution < -0.4 is 10.2 Å². The van der Waals surface area contributed by atoms with Crippen molar-refractivity contribution in [2.24, 2.45) is 0 Å². The number of nitrogens with zero attached hydrogens (tertiary/aromatic N) is 1. The number of rotatable bonds is 4. The molecule has 1 aliphatic heterocycles. The molecule has 1 saturated heterocycles. The first-order valence-corrected chi connectivity index (χ1v) is 8.53. The number of carboxylic acid groups (broad SMARTS) is 1. The number of aryl methyl sites for hydroxylation is 1. The Labute approximate surface area is 151 Å². The van der Waals surface area contributed by atoms with Gasteiger partial charge in [-0.25, -0.2) is 4.79 Å². The maximum Gasteiger partial charge on any atom is 0.337 e. The first-order chi connectivity index (χ1) is 12.0. The van der Waals surface area contributed by atoms with Gasteiger partial charge in [-0.3, -0.25) is 4.79 Å². The fraction of sp³-hybridized carbons (Fsp3) is 0.263. The number of hydrogen-bond acceptors (Lipinski definition) is 3. The van der Waals surface area contributed by atoms with Gasteiger partial charge >= 0.3 is 5.97 Å². The van der Waals surface area contributed by atoms with Gasteiger partial charge in [-0.1, -0.05) is 11.6 Å². The number of carbonyl (C=O) groups excluding carboxylic acids is 1. The summed E-state index contributed by atoms with van der Waals surface area (Å²) < 4.78 is 0. The van der Waals surface area contributed by atoms with Gasteiger partial charge in [0.25, 0.3) is 5.91 Å². The zero-order valence-electron chi connectivity index (χ0n) is 13.9. The van der Waals surface area contributed by atoms with Gasteiger partial charge in [0, 0.05) is 29.4 Å². The van der Waals surface area contributed by atoms with Gasteiger partial charge in [0.2, 0.25) is 0 Å². The second-order valence-electron chi connectivity index (χ2n) is 6.15. The number of hydrogen-bond donors (Lipinski definition) is 2. The number of carbonyl (C=O) groups is 2. The lowest BCUT2D eigenvalue weighted by Gasteiger charge is -2.18. The van der Waals surface area contributed by atoms with Gasteiger partial charge in [0.05, 0.1) is 11.3 Å². The average molecular weight is 359 g/mol. The summed E-state index contributed by atoms with van der Waals surface area (Å²) in [6, 6.07) is 10.3. The first kappa shape index (κ1) is 17.3. The Hall–Kier alpha value is -2.53. The van der Waals surface area contributed by atoms with Crippen LogP contribution in [-0.2, 0) is 0 Å². The Morgan fingerprint density at radius 1 is 1.12 bits per heavy atom. The van der Waals surface area contributed by atoms with Crippen molar-refractivity contribution in [3.63, 3.8) is 0 Å². The van der Waals surface area contributed by atoms with Crippen LogP contribution >= 0.6 is 11.6 Å². The lowest BCUT2D eigenvalue weighted by atomic mass is 10.1. The zero-order chi connectivity index (χ0) is 18.0. The fourth-order valence-electron chi connectivity index (χ4n) is 3.06. The summed E-state index contributed by atoms with van der Waals surface area (Å²) in [4.78, 5) is 26.2. The highest BCUT2D eigenvalue weighted by Crippen LogP contribution is 2.27. The smallest absolute Gasteiger partial charge is 0.337 e. The monoisotopic (exact) mass is 358 g/mol. The van der Waals surface area contributed by atoms with Crippen molar-refractivity contribution in [2.75, 3.05) is 23.3 Å². The summed E-state index contributed by atoms with van der Waals surface area (Å²) in [6.45, 7) is 3.79. The Balaban J connectivity index is 1.81. The van der Waals surface area contributed by atoms with Crippen LogP contribution in [0.3, 0.4) is 0 Å². The summed E-state index contributed by atoms with van der Waals surface area (Å²) in [5, 5.41) is 12.4. The zero-order valence-corrected chi connectivity index (χ0v) is 14.6. The predicted molar refractivity (Wildman–Crippen MR) is 99.0 cm³/mol. The van der Waals surface area contributed by atoms with E-state index in [1.807, 2.05) is 12.1 Å². The van der Waals surface area contributed by atoms with Crippen LogP contribution in [0.5, 0.6) is 0 Å². The Morgan fingerprint density at radius 3 is 2.36 bits per heavy atom. The quantitative estimate of drug-likeness (QED) is 0.859. The Bertz CT molecular complexity index is 812. The van der Waals surface area contributed by atoms with Gasteiger partial charge in [0.1, 0.15) is 0 Å². The summed E-state index contributed by atoms with van der Waals surface area (Å²) in [7, 11) is 0. The van der Waals surface area contributed by atoms with E-state index >= 15 is 0 Å². The van der Waals surface area contributed by atoms with Crippen molar-refractivity contribution in [2.45, 2.75) is 19.8 Å². The fourth-order valence-corrected chi connectivity index (χ4v) is 3.34. The molecule has 1 aliphatic rings. The molecule has 25 heavy (non-hydrogen) atoms. The number of anilines is 2. The van der Waals surface area contributed by atoms with E-state index in [4.69, 9.17) is 11.6 Å². The van der Waals surface area contributed by atoms with Crippen LogP contribution in [0.15, 0.2) is 36.4 Å². The minimum atomic E-state index is -1.13. The van der Waals surface area contributed by atoms with Crippen molar-refractivity contribution >= 4 is 34.9 Å². The standard InChI is InChI=1S/C19H19ClN2O3/c1-12-10-14(20)11-16(19(24)25)17(12)21-18(23)13-4-6-15(7-5-13)22-8-2-3-9-22/h4-7,10-11H,2-3,8-9H2,1H3,(H,21,23)(H,24,25). The number of benzene rings is 2. The molecule has 0 atom stereocenters. The highest BCUT2D eigenvalue weighted by Gasteiger charge is 2.18. The molecule has 130 valence electrons. The van der Waals surface area contributed by atoms with E-state index in [1.165, 1.54) is 18.9 Å². The van der Waals surface area contributed by atoms with E-state index in [1.54, 1.807) is 25.1 Å². The van der Waals surface area contributed by atoms with Crippen LogP contribution in [0.2, 0.25) is 5.02 Å².